The van der Waals surface area contributed by atoms with Crippen LogP contribution in [0.1, 0.15) is 21.5 Å². The van der Waals surface area contributed by atoms with Gasteiger partial charge >= 0.3 is 6.18 Å². The van der Waals surface area contributed by atoms with Gasteiger partial charge in [-0.05, 0) is 36.8 Å². The smallest absolute Gasteiger partial charge is 0.319 e. The molecule has 1 amide bonds. The summed E-state index contributed by atoms with van der Waals surface area (Å²) in [5, 5.41) is 2.89. The molecule has 7 heteroatoms. The summed E-state index contributed by atoms with van der Waals surface area (Å²) in [7, 11) is 0. The van der Waals surface area contributed by atoms with E-state index in [0.29, 0.717) is 5.56 Å². The van der Waals surface area contributed by atoms with Crippen molar-refractivity contribution in [2.24, 2.45) is 0 Å². The number of alkyl halides is 3. The van der Waals surface area contributed by atoms with E-state index in [1.165, 1.54) is 6.07 Å². The normalized spacial score (nSPS) is 11.4. The first-order valence-electron chi connectivity index (χ1n) is 6.13. The first-order valence-corrected chi connectivity index (χ1v) is 6.89. The second kappa shape index (κ2) is 6.18. The first kappa shape index (κ1) is 16.6. The number of amides is 1. The van der Waals surface area contributed by atoms with E-state index >= 15 is 0 Å². The molecule has 0 aliphatic rings. The third-order valence-corrected chi connectivity index (χ3v) is 3.78. The van der Waals surface area contributed by atoms with Gasteiger partial charge in [-0.3, -0.25) is 4.79 Å². The van der Waals surface area contributed by atoms with Gasteiger partial charge < -0.3 is 5.32 Å². The molecule has 0 radical (unpaired) electrons. The molecule has 0 saturated heterocycles. The van der Waals surface area contributed by atoms with Crippen LogP contribution in [0.2, 0.25) is 10.0 Å². The summed E-state index contributed by atoms with van der Waals surface area (Å²) < 4.78 is 38.0. The van der Waals surface area contributed by atoms with Crippen LogP contribution in [0.25, 0.3) is 0 Å². The van der Waals surface area contributed by atoms with Gasteiger partial charge in [-0.15, -0.1) is 0 Å². The van der Waals surface area contributed by atoms with Crippen LogP contribution in [-0.2, 0) is 6.18 Å². The summed E-state index contributed by atoms with van der Waals surface area (Å²) in [5.41, 5.74) is -0.179. The van der Waals surface area contributed by atoms with Crippen molar-refractivity contribution in [2.45, 2.75) is 13.1 Å². The minimum Gasteiger partial charge on any atom is -0.319 e. The highest BCUT2D eigenvalue weighted by atomic mass is 35.5. The second-order valence-electron chi connectivity index (χ2n) is 4.59. The molecule has 0 saturated carbocycles. The minimum atomic E-state index is -4.52. The number of anilines is 1. The van der Waals surface area contributed by atoms with Crippen LogP contribution in [0.4, 0.5) is 18.9 Å². The molecule has 0 unspecified atom stereocenters. The third kappa shape index (κ3) is 3.54. The fourth-order valence-corrected chi connectivity index (χ4v) is 2.26. The summed E-state index contributed by atoms with van der Waals surface area (Å²) in [4.78, 5) is 12.1. The van der Waals surface area contributed by atoms with Crippen molar-refractivity contribution in [1.29, 1.82) is 0 Å². The van der Waals surface area contributed by atoms with E-state index in [-0.39, 0.29) is 21.3 Å². The van der Waals surface area contributed by atoms with E-state index in [4.69, 9.17) is 23.2 Å². The molecule has 0 bridgehead atoms. The van der Waals surface area contributed by atoms with Crippen molar-refractivity contribution < 1.29 is 18.0 Å². The second-order valence-corrected chi connectivity index (χ2v) is 5.37. The molecule has 0 aliphatic heterocycles. The predicted molar refractivity (Wildman–Crippen MR) is 80.6 cm³/mol. The summed E-state index contributed by atoms with van der Waals surface area (Å²) in [6.07, 6.45) is -4.52. The number of benzene rings is 2. The molecule has 22 heavy (non-hydrogen) atoms. The fraction of sp³-hybridized carbons (Fsp3) is 0.133. The lowest BCUT2D eigenvalue weighted by molar-refractivity contribution is -0.137. The standard InChI is InChI=1S/C15H10Cl2F3NO/c1-8-5-6-11(16)13(12(8)17)21-14(22)9-3-2-4-10(7-9)15(18,19)20/h2-7H,1H3,(H,21,22). The van der Waals surface area contributed by atoms with E-state index in [1.807, 2.05) is 0 Å². The average molecular weight is 348 g/mol. The molecule has 2 aromatic rings. The molecular weight excluding hydrogens is 338 g/mol. The average Bonchev–Trinajstić information content (AvgIpc) is 2.46. The van der Waals surface area contributed by atoms with Crippen LogP contribution in [0.5, 0.6) is 0 Å². The quantitative estimate of drug-likeness (QED) is 0.755. The van der Waals surface area contributed by atoms with Gasteiger partial charge in [0, 0.05) is 5.56 Å². The van der Waals surface area contributed by atoms with Crippen molar-refractivity contribution >= 4 is 34.8 Å². The zero-order valence-corrected chi connectivity index (χ0v) is 12.8. The minimum absolute atomic E-state index is 0.136. The van der Waals surface area contributed by atoms with Gasteiger partial charge in [-0.1, -0.05) is 35.3 Å². The van der Waals surface area contributed by atoms with Crippen molar-refractivity contribution in [1.82, 2.24) is 0 Å². The molecule has 0 spiro atoms. The van der Waals surface area contributed by atoms with Crippen molar-refractivity contribution in [3.8, 4) is 0 Å². The number of carbonyl (C=O) groups excluding carboxylic acids is 1. The van der Waals surface area contributed by atoms with E-state index in [0.717, 1.165) is 18.2 Å². The number of carbonyl (C=O) groups is 1. The van der Waals surface area contributed by atoms with Crippen LogP contribution in [0.15, 0.2) is 36.4 Å². The van der Waals surface area contributed by atoms with Crippen LogP contribution >= 0.6 is 23.2 Å². The number of nitrogens with one attached hydrogen (secondary N) is 1. The first-order chi connectivity index (χ1) is 10.2. The maximum Gasteiger partial charge on any atom is 0.416 e. The number of rotatable bonds is 2. The molecular formula is C15H10Cl2F3NO. The van der Waals surface area contributed by atoms with Crippen molar-refractivity contribution in [3.63, 3.8) is 0 Å². The van der Waals surface area contributed by atoms with Crippen molar-refractivity contribution in [3.05, 3.63) is 63.1 Å². The van der Waals surface area contributed by atoms with E-state index < -0.39 is 17.6 Å². The highest BCUT2D eigenvalue weighted by molar-refractivity contribution is 6.40. The highest BCUT2D eigenvalue weighted by Crippen LogP contribution is 2.34. The molecule has 116 valence electrons. The highest BCUT2D eigenvalue weighted by Gasteiger charge is 2.31. The topological polar surface area (TPSA) is 29.1 Å². The lowest BCUT2D eigenvalue weighted by Crippen LogP contribution is -2.14. The van der Waals surface area contributed by atoms with Crippen LogP contribution in [0, 0.1) is 6.92 Å². The Morgan fingerprint density at radius 2 is 1.82 bits per heavy atom. The summed E-state index contributed by atoms with van der Waals surface area (Å²) in [5.74, 6) is -0.722. The molecule has 0 fully saturated rings. The summed E-state index contributed by atoms with van der Waals surface area (Å²) in [6.45, 7) is 1.72. The number of aryl methyl sites for hydroxylation is 1. The molecule has 2 aromatic carbocycles. The van der Waals surface area contributed by atoms with Gasteiger partial charge in [0.1, 0.15) is 0 Å². The SMILES string of the molecule is Cc1ccc(Cl)c(NC(=O)c2cccc(C(F)(F)F)c2)c1Cl. The summed E-state index contributed by atoms with van der Waals surface area (Å²) in [6, 6.07) is 7.32. The molecule has 0 heterocycles. The Morgan fingerprint density at radius 3 is 2.45 bits per heavy atom. The number of halogens is 5. The Morgan fingerprint density at radius 1 is 1.14 bits per heavy atom. The lowest BCUT2D eigenvalue weighted by atomic mass is 10.1. The maximum atomic E-state index is 12.7. The van der Waals surface area contributed by atoms with E-state index in [1.54, 1.807) is 19.1 Å². The van der Waals surface area contributed by atoms with E-state index in [9.17, 15) is 18.0 Å². The van der Waals surface area contributed by atoms with Gasteiger partial charge in [0.05, 0.1) is 21.3 Å². The molecule has 0 aromatic heterocycles. The number of hydrogen-bond donors (Lipinski definition) is 1. The Hall–Kier alpha value is -1.72. The molecule has 1 N–H and O–H groups in total. The third-order valence-electron chi connectivity index (χ3n) is 2.97. The maximum absolute atomic E-state index is 12.7. The van der Waals surface area contributed by atoms with Gasteiger partial charge in [0.25, 0.3) is 5.91 Å². The monoisotopic (exact) mass is 347 g/mol. The Bertz CT molecular complexity index is 729. The Kier molecular flexibility index (Phi) is 4.68. The summed E-state index contributed by atoms with van der Waals surface area (Å²) >= 11 is 12.0. The zero-order chi connectivity index (χ0) is 16.5. The molecule has 0 atom stereocenters. The van der Waals surface area contributed by atoms with Gasteiger partial charge in [-0.2, -0.15) is 13.2 Å². The Labute approximate surface area is 134 Å². The fourth-order valence-electron chi connectivity index (χ4n) is 1.79. The van der Waals surface area contributed by atoms with Crippen LogP contribution in [0.3, 0.4) is 0 Å². The van der Waals surface area contributed by atoms with Gasteiger partial charge in [0.15, 0.2) is 0 Å². The van der Waals surface area contributed by atoms with Crippen LogP contribution < -0.4 is 5.32 Å². The molecule has 2 nitrogen and oxygen atoms in total. The van der Waals surface area contributed by atoms with Gasteiger partial charge in [-0.25, -0.2) is 0 Å². The number of hydrogen-bond acceptors (Lipinski definition) is 1. The largest absolute Gasteiger partial charge is 0.416 e. The predicted octanol–water partition coefficient (Wildman–Crippen LogP) is 5.57. The van der Waals surface area contributed by atoms with Gasteiger partial charge in [0.2, 0.25) is 0 Å². The Balaban J connectivity index is 2.33. The van der Waals surface area contributed by atoms with E-state index in [2.05, 4.69) is 5.32 Å². The zero-order valence-electron chi connectivity index (χ0n) is 11.3. The lowest BCUT2D eigenvalue weighted by Gasteiger charge is -2.12. The van der Waals surface area contributed by atoms with Crippen LogP contribution in [-0.4, -0.2) is 5.91 Å². The molecule has 0 aliphatic carbocycles. The molecule has 2 rings (SSSR count). The van der Waals surface area contributed by atoms with Crippen molar-refractivity contribution in [2.75, 3.05) is 5.32 Å².